The third-order valence-electron chi connectivity index (χ3n) is 7.77. The Morgan fingerprint density at radius 1 is 0.833 bits per heavy atom. The Morgan fingerprint density at radius 3 is 2.07 bits per heavy atom. The number of hydrogen-bond acceptors (Lipinski definition) is 4. The molecule has 4 aromatic rings. The van der Waals surface area contributed by atoms with Gasteiger partial charge in [0.05, 0.1) is 12.7 Å². The SMILES string of the molecule is COC(=O)[C@H](c1ccccc1)N1CCC(c2ccc(NC(=O)c3ccccc3-c3ccc(C(F)(F)F)cc3)cc2)CC1. The van der Waals surface area contributed by atoms with E-state index in [1.54, 1.807) is 24.3 Å². The lowest BCUT2D eigenvalue weighted by Crippen LogP contribution is -2.40. The molecule has 0 bridgehead atoms. The molecular formula is C34H31F3N2O3. The molecule has 1 aliphatic rings. The maximum atomic E-state index is 13.2. The zero-order valence-electron chi connectivity index (χ0n) is 23.1. The van der Waals surface area contributed by atoms with Gasteiger partial charge in [0.1, 0.15) is 6.04 Å². The van der Waals surface area contributed by atoms with Gasteiger partial charge in [-0.25, -0.2) is 4.79 Å². The van der Waals surface area contributed by atoms with Gasteiger partial charge in [-0.15, -0.1) is 0 Å². The molecule has 0 aliphatic carbocycles. The van der Waals surface area contributed by atoms with E-state index in [0.29, 0.717) is 28.3 Å². The van der Waals surface area contributed by atoms with Crippen molar-refractivity contribution in [1.29, 1.82) is 0 Å². The van der Waals surface area contributed by atoms with Gasteiger partial charge in [0.15, 0.2) is 0 Å². The van der Waals surface area contributed by atoms with Crippen molar-refractivity contribution >= 4 is 17.6 Å². The predicted octanol–water partition coefficient (Wildman–Crippen LogP) is 7.72. The highest BCUT2D eigenvalue weighted by Crippen LogP contribution is 2.34. The van der Waals surface area contributed by atoms with Gasteiger partial charge in [0.2, 0.25) is 0 Å². The molecule has 0 spiro atoms. The van der Waals surface area contributed by atoms with Crippen LogP contribution in [0.2, 0.25) is 0 Å². The molecule has 0 unspecified atom stereocenters. The summed E-state index contributed by atoms with van der Waals surface area (Å²) in [5, 5.41) is 2.91. The third-order valence-corrected chi connectivity index (χ3v) is 7.77. The average Bonchev–Trinajstić information content (AvgIpc) is 3.02. The summed E-state index contributed by atoms with van der Waals surface area (Å²) in [7, 11) is 1.42. The molecule has 1 amide bonds. The Balaban J connectivity index is 1.23. The number of rotatable bonds is 7. The zero-order chi connectivity index (χ0) is 29.7. The summed E-state index contributed by atoms with van der Waals surface area (Å²) in [6.45, 7) is 1.50. The van der Waals surface area contributed by atoms with Crippen molar-refractivity contribution < 1.29 is 27.5 Å². The molecule has 1 fully saturated rings. The quantitative estimate of drug-likeness (QED) is 0.231. The molecule has 0 saturated carbocycles. The summed E-state index contributed by atoms with van der Waals surface area (Å²) in [6.07, 6.45) is -2.66. The number of nitrogens with zero attached hydrogens (tertiary/aromatic N) is 1. The van der Waals surface area contributed by atoms with Gasteiger partial charge in [-0.2, -0.15) is 13.2 Å². The number of anilines is 1. The van der Waals surface area contributed by atoms with Gasteiger partial charge in [0.25, 0.3) is 5.91 Å². The van der Waals surface area contributed by atoms with E-state index in [1.165, 1.54) is 19.2 Å². The second kappa shape index (κ2) is 12.6. The first-order valence-electron chi connectivity index (χ1n) is 13.8. The van der Waals surface area contributed by atoms with E-state index >= 15 is 0 Å². The van der Waals surface area contributed by atoms with Gasteiger partial charge in [0, 0.05) is 11.3 Å². The van der Waals surface area contributed by atoms with Crippen molar-refractivity contribution in [1.82, 2.24) is 4.90 Å². The Kier molecular flexibility index (Phi) is 8.73. The number of esters is 1. The van der Waals surface area contributed by atoms with E-state index in [1.807, 2.05) is 54.6 Å². The lowest BCUT2D eigenvalue weighted by atomic mass is 9.88. The fourth-order valence-electron chi connectivity index (χ4n) is 5.54. The molecule has 216 valence electrons. The lowest BCUT2D eigenvalue weighted by Gasteiger charge is -2.36. The molecular weight excluding hydrogens is 541 g/mol. The van der Waals surface area contributed by atoms with Crippen molar-refractivity contribution in [3.05, 3.63) is 125 Å². The van der Waals surface area contributed by atoms with Crippen molar-refractivity contribution in [3.63, 3.8) is 0 Å². The maximum absolute atomic E-state index is 13.2. The highest BCUT2D eigenvalue weighted by Gasteiger charge is 2.32. The van der Waals surface area contributed by atoms with Gasteiger partial charge < -0.3 is 10.1 Å². The highest BCUT2D eigenvalue weighted by atomic mass is 19.4. The Labute approximate surface area is 242 Å². The summed E-state index contributed by atoms with van der Waals surface area (Å²) in [6, 6.07) is 28.6. The van der Waals surface area contributed by atoms with E-state index in [4.69, 9.17) is 4.74 Å². The first-order valence-corrected chi connectivity index (χ1v) is 13.8. The number of methoxy groups -OCH3 is 1. The van der Waals surface area contributed by atoms with E-state index in [2.05, 4.69) is 10.2 Å². The molecule has 1 N–H and O–H groups in total. The monoisotopic (exact) mass is 572 g/mol. The Hall–Kier alpha value is -4.43. The number of nitrogens with one attached hydrogen (secondary N) is 1. The number of alkyl halides is 3. The Bertz CT molecular complexity index is 1510. The van der Waals surface area contributed by atoms with Crippen LogP contribution >= 0.6 is 0 Å². The summed E-state index contributed by atoms with van der Waals surface area (Å²) in [5.74, 6) is -0.290. The number of likely N-dealkylation sites (tertiary alicyclic amines) is 1. The highest BCUT2D eigenvalue weighted by molar-refractivity contribution is 6.08. The van der Waals surface area contributed by atoms with Gasteiger partial charge in [-0.3, -0.25) is 9.69 Å². The summed E-state index contributed by atoms with van der Waals surface area (Å²) in [4.78, 5) is 28.0. The van der Waals surface area contributed by atoms with Gasteiger partial charge >= 0.3 is 12.1 Å². The predicted molar refractivity (Wildman–Crippen MR) is 156 cm³/mol. The summed E-state index contributed by atoms with van der Waals surface area (Å²) >= 11 is 0. The van der Waals surface area contributed by atoms with Crippen LogP contribution in [0.25, 0.3) is 11.1 Å². The topological polar surface area (TPSA) is 58.6 Å². The van der Waals surface area contributed by atoms with Crippen LogP contribution in [0.1, 0.15) is 51.8 Å². The fourth-order valence-corrected chi connectivity index (χ4v) is 5.54. The van der Waals surface area contributed by atoms with Gasteiger partial charge in [-0.1, -0.05) is 72.8 Å². The second-order valence-electron chi connectivity index (χ2n) is 10.3. The van der Waals surface area contributed by atoms with Crippen LogP contribution in [-0.4, -0.2) is 37.0 Å². The first kappa shape index (κ1) is 29.1. The smallest absolute Gasteiger partial charge is 0.416 e. The van der Waals surface area contributed by atoms with Crippen molar-refractivity contribution in [2.45, 2.75) is 31.0 Å². The van der Waals surface area contributed by atoms with Crippen molar-refractivity contribution in [2.75, 3.05) is 25.5 Å². The minimum Gasteiger partial charge on any atom is -0.468 e. The third kappa shape index (κ3) is 6.55. The lowest BCUT2D eigenvalue weighted by molar-refractivity contribution is -0.147. The van der Waals surface area contributed by atoms with Crippen LogP contribution in [0.3, 0.4) is 0 Å². The van der Waals surface area contributed by atoms with Crippen LogP contribution in [0.15, 0.2) is 103 Å². The average molecular weight is 573 g/mol. The number of benzene rings is 4. The number of amides is 1. The number of carbonyl (C=O) groups excluding carboxylic acids is 2. The molecule has 4 aromatic carbocycles. The minimum absolute atomic E-state index is 0.264. The normalized spacial score (nSPS) is 15.1. The van der Waals surface area contributed by atoms with E-state index in [0.717, 1.165) is 49.2 Å². The summed E-state index contributed by atoms with van der Waals surface area (Å²) < 4.78 is 44.1. The van der Waals surface area contributed by atoms with E-state index in [9.17, 15) is 22.8 Å². The molecule has 1 aliphatic heterocycles. The molecule has 1 atom stereocenters. The zero-order valence-corrected chi connectivity index (χ0v) is 23.1. The van der Waals surface area contributed by atoms with Crippen LogP contribution in [0.5, 0.6) is 0 Å². The molecule has 5 nitrogen and oxygen atoms in total. The van der Waals surface area contributed by atoms with Crippen LogP contribution in [0, 0.1) is 0 Å². The van der Waals surface area contributed by atoms with E-state index < -0.39 is 17.8 Å². The fraction of sp³-hybridized carbons (Fsp3) is 0.235. The molecule has 8 heteroatoms. The molecule has 5 rings (SSSR count). The largest absolute Gasteiger partial charge is 0.468 e. The van der Waals surface area contributed by atoms with Crippen molar-refractivity contribution in [3.8, 4) is 11.1 Å². The van der Waals surface area contributed by atoms with Crippen LogP contribution in [-0.2, 0) is 15.7 Å². The standard InChI is InChI=1S/C34H31F3N2O3/c1-42-33(41)31(26-7-3-2-4-8-26)39-21-19-24(20-22-39)23-13-17-28(18-14-23)38-32(40)30-10-6-5-9-29(30)25-11-15-27(16-12-25)34(35,36)37/h2-18,24,31H,19-22H2,1H3,(H,38,40)/t31-/m0/s1. The number of ether oxygens (including phenoxy) is 1. The number of halogens is 3. The maximum Gasteiger partial charge on any atom is 0.416 e. The number of piperidine rings is 1. The molecule has 0 radical (unpaired) electrons. The molecule has 1 heterocycles. The summed E-state index contributed by atoms with van der Waals surface area (Å²) in [5.41, 5.74) is 3.41. The minimum atomic E-state index is -4.42. The number of carbonyl (C=O) groups is 2. The Morgan fingerprint density at radius 2 is 1.45 bits per heavy atom. The van der Waals surface area contributed by atoms with Crippen molar-refractivity contribution in [2.24, 2.45) is 0 Å². The number of hydrogen-bond donors (Lipinski definition) is 1. The van der Waals surface area contributed by atoms with E-state index in [-0.39, 0.29) is 11.9 Å². The van der Waals surface area contributed by atoms with Gasteiger partial charge in [-0.05, 0) is 84.4 Å². The second-order valence-corrected chi connectivity index (χ2v) is 10.3. The molecule has 0 aromatic heterocycles. The first-order chi connectivity index (χ1) is 20.2. The molecule has 42 heavy (non-hydrogen) atoms. The van der Waals surface area contributed by atoms with Crippen LogP contribution in [0.4, 0.5) is 18.9 Å². The molecule has 1 saturated heterocycles. The van der Waals surface area contributed by atoms with Crippen LogP contribution < -0.4 is 5.32 Å².